The molecule has 0 atom stereocenters. The van der Waals surface area contributed by atoms with Gasteiger partial charge in [0.15, 0.2) is 0 Å². The maximum absolute atomic E-state index is 10.9. The van der Waals surface area contributed by atoms with Gasteiger partial charge in [0.25, 0.3) is 0 Å². The Morgan fingerprint density at radius 3 is 2.79 bits per heavy atom. The van der Waals surface area contributed by atoms with Crippen molar-refractivity contribution in [2.24, 2.45) is 0 Å². The maximum Gasteiger partial charge on any atom is 0.246 e. The van der Waals surface area contributed by atoms with E-state index >= 15 is 0 Å². The molecule has 0 spiro atoms. The Morgan fingerprint density at radius 1 is 1.42 bits per heavy atom. The minimum atomic E-state index is -0.311. The van der Waals surface area contributed by atoms with Crippen LogP contribution in [0.15, 0.2) is 34.9 Å². The number of halogens is 1. The smallest absolute Gasteiger partial charge is 0.246 e. The molecular formula is C14H18ClNO2S. The highest BCUT2D eigenvalue weighted by molar-refractivity contribution is 7.99. The van der Waals surface area contributed by atoms with E-state index < -0.39 is 0 Å². The lowest BCUT2D eigenvalue weighted by molar-refractivity contribution is -0.425. The lowest BCUT2D eigenvalue weighted by atomic mass is 10.2. The van der Waals surface area contributed by atoms with Crippen LogP contribution in [-0.4, -0.2) is 16.6 Å². The lowest BCUT2D eigenvalue weighted by Crippen LogP contribution is -1.97. The minimum Gasteiger partial charge on any atom is -0.259 e. The van der Waals surface area contributed by atoms with Gasteiger partial charge in [0.2, 0.25) is 5.70 Å². The van der Waals surface area contributed by atoms with E-state index in [1.54, 1.807) is 24.8 Å². The van der Waals surface area contributed by atoms with Crippen molar-refractivity contribution in [3.63, 3.8) is 0 Å². The summed E-state index contributed by atoms with van der Waals surface area (Å²) in [5.74, 6) is 1.67. The predicted octanol–water partition coefficient (Wildman–Crippen LogP) is 4.83. The third kappa shape index (κ3) is 5.66. The van der Waals surface area contributed by atoms with Gasteiger partial charge in [-0.2, -0.15) is 0 Å². The molecule has 0 aliphatic heterocycles. The Bertz CT molecular complexity index is 449. The maximum atomic E-state index is 10.9. The molecule has 0 radical (unpaired) electrons. The zero-order valence-electron chi connectivity index (χ0n) is 11.0. The summed E-state index contributed by atoms with van der Waals surface area (Å²) in [6, 6.07) is 7.79. The highest BCUT2D eigenvalue weighted by Crippen LogP contribution is 2.26. The third-order valence-electron chi connectivity index (χ3n) is 2.62. The third-order valence-corrected chi connectivity index (χ3v) is 4.07. The Morgan fingerprint density at radius 2 is 2.16 bits per heavy atom. The number of allylic oxidation sites excluding steroid dienone is 1. The van der Waals surface area contributed by atoms with Gasteiger partial charge in [-0.15, -0.1) is 23.4 Å². The molecule has 0 aromatic heterocycles. The summed E-state index contributed by atoms with van der Waals surface area (Å²) in [4.78, 5) is 11.6. The Kier molecular flexibility index (Phi) is 7.60. The fourth-order valence-electron chi connectivity index (χ4n) is 1.57. The molecule has 0 amide bonds. The van der Waals surface area contributed by atoms with Crippen LogP contribution in [0.2, 0.25) is 0 Å². The van der Waals surface area contributed by atoms with E-state index in [2.05, 4.69) is 0 Å². The van der Waals surface area contributed by atoms with Gasteiger partial charge in [0.1, 0.15) is 0 Å². The quantitative estimate of drug-likeness (QED) is 0.227. The first kappa shape index (κ1) is 16.1. The number of hydrogen-bond donors (Lipinski definition) is 0. The summed E-state index contributed by atoms with van der Waals surface area (Å²) in [5.41, 5.74) is 1.17. The van der Waals surface area contributed by atoms with Crippen molar-refractivity contribution in [2.45, 2.75) is 31.1 Å². The summed E-state index contributed by atoms with van der Waals surface area (Å²) in [6.07, 6.45) is 4.16. The van der Waals surface area contributed by atoms with Crippen LogP contribution in [0.4, 0.5) is 0 Å². The van der Waals surface area contributed by atoms with E-state index in [4.69, 9.17) is 11.6 Å². The predicted molar refractivity (Wildman–Crippen MR) is 82.4 cm³/mol. The first-order valence-electron chi connectivity index (χ1n) is 6.31. The zero-order valence-corrected chi connectivity index (χ0v) is 12.5. The van der Waals surface area contributed by atoms with Crippen LogP contribution >= 0.6 is 23.4 Å². The Balaban J connectivity index is 2.80. The van der Waals surface area contributed by atoms with Crippen LogP contribution in [0.25, 0.3) is 6.08 Å². The molecule has 0 heterocycles. The number of unbranched alkanes of at least 4 members (excludes halogenated alkanes) is 1. The second kappa shape index (κ2) is 8.99. The van der Waals surface area contributed by atoms with Gasteiger partial charge in [0, 0.05) is 23.3 Å². The average molecular weight is 300 g/mol. The molecule has 1 rings (SSSR count). The average Bonchev–Trinajstić information content (AvgIpc) is 2.42. The van der Waals surface area contributed by atoms with Crippen LogP contribution in [0.5, 0.6) is 0 Å². The molecule has 5 heteroatoms. The molecule has 0 unspecified atom stereocenters. The molecule has 104 valence electrons. The number of alkyl halides is 1. The summed E-state index contributed by atoms with van der Waals surface area (Å²) in [5, 5.41) is 10.9. The van der Waals surface area contributed by atoms with Crippen LogP contribution in [-0.2, 0) is 0 Å². The zero-order chi connectivity index (χ0) is 14.1. The molecule has 0 bridgehead atoms. The number of rotatable bonds is 8. The largest absolute Gasteiger partial charge is 0.259 e. The Hall–Kier alpha value is -1.00. The summed E-state index contributed by atoms with van der Waals surface area (Å²) >= 11 is 7.37. The fraction of sp³-hybridized carbons (Fsp3) is 0.429. The summed E-state index contributed by atoms with van der Waals surface area (Å²) in [7, 11) is 0. The van der Waals surface area contributed by atoms with Crippen molar-refractivity contribution in [3.05, 3.63) is 45.6 Å². The molecule has 19 heavy (non-hydrogen) atoms. The van der Waals surface area contributed by atoms with Crippen LogP contribution in [0.3, 0.4) is 0 Å². The molecule has 1 aromatic carbocycles. The SMILES string of the molecule is CCC(=Cc1ccccc1SCCCCCl)[N+](=O)[O-]. The lowest BCUT2D eigenvalue weighted by Gasteiger charge is -2.05. The van der Waals surface area contributed by atoms with Crippen molar-refractivity contribution in [1.29, 1.82) is 0 Å². The second-order valence-electron chi connectivity index (χ2n) is 4.03. The summed E-state index contributed by atoms with van der Waals surface area (Å²) < 4.78 is 0. The highest BCUT2D eigenvalue weighted by atomic mass is 35.5. The van der Waals surface area contributed by atoms with Crippen LogP contribution < -0.4 is 0 Å². The number of nitro groups is 1. The highest BCUT2D eigenvalue weighted by Gasteiger charge is 2.09. The minimum absolute atomic E-state index is 0.244. The first-order chi connectivity index (χ1) is 9.19. The van der Waals surface area contributed by atoms with Gasteiger partial charge in [0.05, 0.1) is 4.92 Å². The van der Waals surface area contributed by atoms with Gasteiger partial charge >= 0.3 is 0 Å². The van der Waals surface area contributed by atoms with Crippen molar-refractivity contribution < 1.29 is 4.92 Å². The van der Waals surface area contributed by atoms with Gasteiger partial charge in [-0.25, -0.2) is 0 Å². The number of thioether (sulfide) groups is 1. The van der Waals surface area contributed by atoms with Gasteiger partial charge in [-0.3, -0.25) is 10.1 Å². The van der Waals surface area contributed by atoms with Crippen LogP contribution in [0.1, 0.15) is 31.7 Å². The topological polar surface area (TPSA) is 43.1 Å². The van der Waals surface area contributed by atoms with Crippen molar-refractivity contribution in [1.82, 2.24) is 0 Å². The van der Waals surface area contributed by atoms with E-state index in [0.717, 1.165) is 29.1 Å². The molecule has 1 aromatic rings. The van der Waals surface area contributed by atoms with E-state index in [0.29, 0.717) is 12.3 Å². The molecule has 0 fully saturated rings. The molecule has 0 aliphatic carbocycles. The van der Waals surface area contributed by atoms with Gasteiger partial charge in [-0.05, 0) is 30.2 Å². The number of benzene rings is 1. The van der Waals surface area contributed by atoms with Gasteiger partial charge < -0.3 is 0 Å². The monoisotopic (exact) mass is 299 g/mol. The van der Waals surface area contributed by atoms with E-state index in [1.807, 2.05) is 24.3 Å². The van der Waals surface area contributed by atoms with E-state index in [1.165, 1.54) is 0 Å². The van der Waals surface area contributed by atoms with Gasteiger partial charge in [-0.1, -0.05) is 25.1 Å². The standard InChI is InChI=1S/C14H18ClNO2S/c1-2-13(16(17)18)11-12-7-3-4-8-14(12)19-10-6-5-9-15/h3-4,7-8,11H,2,5-6,9-10H2,1H3. The molecule has 0 aliphatic rings. The Labute approximate surface area is 123 Å². The first-order valence-corrected chi connectivity index (χ1v) is 7.83. The molecule has 0 saturated heterocycles. The molecule has 0 saturated carbocycles. The fourth-order valence-corrected chi connectivity index (χ4v) is 2.80. The number of hydrogen-bond acceptors (Lipinski definition) is 3. The van der Waals surface area contributed by atoms with E-state index in [-0.39, 0.29) is 10.6 Å². The van der Waals surface area contributed by atoms with Crippen molar-refractivity contribution >= 4 is 29.4 Å². The number of nitrogens with zero attached hydrogens (tertiary/aromatic N) is 1. The van der Waals surface area contributed by atoms with Crippen molar-refractivity contribution in [3.8, 4) is 0 Å². The van der Waals surface area contributed by atoms with E-state index in [9.17, 15) is 10.1 Å². The van der Waals surface area contributed by atoms with Crippen LogP contribution in [0, 0.1) is 10.1 Å². The summed E-state index contributed by atoms with van der Waals surface area (Å²) in [6.45, 7) is 1.80. The molecule has 3 nitrogen and oxygen atoms in total. The molecule has 0 N–H and O–H groups in total. The second-order valence-corrected chi connectivity index (χ2v) is 5.54. The normalized spacial score (nSPS) is 11.6. The molecular weight excluding hydrogens is 282 g/mol. The van der Waals surface area contributed by atoms with Crippen molar-refractivity contribution in [2.75, 3.05) is 11.6 Å².